The summed E-state index contributed by atoms with van der Waals surface area (Å²) in [6, 6.07) is 6.22. The van der Waals surface area contributed by atoms with E-state index in [1.165, 1.54) is 31.6 Å². The van der Waals surface area contributed by atoms with E-state index in [1.54, 1.807) is 18.2 Å². The van der Waals surface area contributed by atoms with Crippen molar-refractivity contribution in [3.63, 3.8) is 0 Å². The summed E-state index contributed by atoms with van der Waals surface area (Å²) >= 11 is 1.44. The van der Waals surface area contributed by atoms with Crippen molar-refractivity contribution in [3.05, 3.63) is 55.2 Å². The standard InChI is InChI=1S/C20H17N3O6S/c1-9-10(2)30-20-16(9)19(24)21-18(22-20)14-6-5-13(29-14)11-7-12(23(25)26)17(28-4)15(8-11)27-3/h5-8H,1-4H3,(H,21,22,24). The van der Waals surface area contributed by atoms with Gasteiger partial charge in [-0.25, -0.2) is 4.98 Å². The molecule has 0 bridgehead atoms. The molecule has 0 saturated carbocycles. The largest absolute Gasteiger partial charge is 0.493 e. The molecule has 9 nitrogen and oxygen atoms in total. The lowest BCUT2D eigenvalue weighted by atomic mass is 10.1. The van der Waals surface area contributed by atoms with Gasteiger partial charge in [-0.15, -0.1) is 11.3 Å². The number of nitro benzene ring substituents is 1. The van der Waals surface area contributed by atoms with Crippen LogP contribution in [0.1, 0.15) is 10.4 Å². The fourth-order valence-corrected chi connectivity index (χ4v) is 4.24. The van der Waals surface area contributed by atoms with Crippen LogP contribution >= 0.6 is 11.3 Å². The predicted octanol–water partition coefficient (Wildman–Crippen LogP) is 4.45. The molecule has 0 atom stereocenters. The lowest BCUT2D eigenvalue weighted by Crippen LogP contribution is -2.08. The van der Waals surface area contributed by atoms with Gasteiger partial charge in [-0.05, 0) is 37.6 Å². The monoisotopic (exact) mass is 427 g/mol. The van der Waals surface area contributed by atoms with Crippen LogP contribution in [0, 0.1) is 24.0 Å². The minimum Gasteiger partial charge on any atom is -0.493 e. The zero-order valence-electron chi connectivity index (χ0n) is 16.6. The first-order valence-electron chi connectivity index (χ1n) is 8.85. The average Bonchev–Trinajstić information content (AvgIpc) is 3.32. The number of fused-ring (bicyclic) bond motifs is 1. The Bertz CT molecular complexity index is 1350. The molecule has 0 aliphatic carbocycles. The van der Waals surface area contributed by atoms with Crippen molar-refractivity contribution < 1.29 is 18.8 Å². The number of benzene rings is 1. The van der Waals surface area contributed by atoms with Crippen molar-refractivity contribution in [1.29, 1.82) is 0 Å². The number of rotatable bonds is 5. The number of ether oxygens (including phenoxy) is 2. The van der Waals surface area contributed by atoms with Gasteiger partial charge in [0.05, 0.1) is 24.5 Å². The number of hydrogen-bond acceptors (Lipinski definition) is 8. The van der Waals surface area contributed by atoms with Gasteiger partial charge in [0.1, 0.15) is 10.6 Å². The Morgan fingerprint density at radius 3 is 2.57 bits per heavy atom. The molecule has 0 fully saturated rings. The lowest BCUT2D eigenvalue weighted by molar-refractivity contribution is -0.385. The zero-order valence-corrected chi connectivity index (χ0v) is 17.4. The molecule has 4 aromatic rings. The van der Waals surface area contributed by atoms with Gasteiger partial charge in [-0.2, -0.15) is 0 Å². The van der Waals surface area contributed by atoms with E-state index in [0.29, 0.717) is 27.3 Å². The first-order valence-corrected chi connectivity index (χ1v) is 9.66. The van der Waals surface area contributed by atoms with Crippen molar-refractivity contribution in [2.24, 2.45) is 0 Å². The predicted molar refractivity (Wildman–Crippen MR) is 113 cm³/mol. The fraction of sp³-hybridized carbons (Fsp3) is 0.200. The van der Waals surface area contributed by atoms with E-state index in [1.807, 2.05) is 13.8 Å². The molecule has 0 aliphatic heterocycles. The second-order valence-corrected chi connectivity index (χ2v) is 7.73. The molecule has 0 unspecified atom stereocenters. The summed E-state index contributed by atoms with van der Waals surface area (Å²) in [5.74, 6) is 1.21. The van der Waals surface area contributed by atoms with Crippen LogP contribution in [0.15, 0.2) is 33.5 Å². The molecular formula is C20H17N3O6S. The summed E-state index contributed by atoms with van der Waals surface area (Å²) in [6.45, 7) is 3.83. The van der Waals surface area contributed by atoms with Gasteiger partial charge >= 0.3 is 5.69 Å². The molecule has 154 valence electrons. The summed E-state index contributed by atoms with van der Waals surface area (Å²) in [7, 11) is 2.73. The lowest BCUT2D eigenvalue weighted by Gasteiger charge is -2.09. The number of aromatic amines is 1. The SMILES string of the molecule is COc1cc(-c2ccc(-c3nc4sc(C)c(C)c4c(=O)[nH]3)o2)cc([N+](=O)[O-])c1OC. The molecule has 1 aromatic carbocycles. The van der Waals surface area contributed by atoms with Gasteiger partial charge < -0.3 is 18.9 Å². The van der Waals surface area contributed by atoms with Gasteiger partial charge in [0.25, 0.3) is 5.56 Å². The Morgan fingerprint density at radius 2 is 1.90 bits per heavy atom. The topological polar surface area (TPSA) is 120 Å². The maximum Gasteiger partial charge on any atom is 0.315 e. The summed E-state index contributed by atoms with van der Waals surface area (Å²) in [5.41, 5.74) is 0.851. The average molecular weight is 427 g/mol. The van der Waals surface area contributed by atoms with E-state index in [9.17, 15) is 14.9 Å². The number of nitrogens with one attached hydrogen (secondary N) is 1. The molecule has 0 saturated heterocycles. The third-order valence-electron chi connectivity index (χ3n) is 4.82. The first kappa shape index (κ1) is 19.6. The molecule has 3 heterocycles. The van der Waals surface area contributed by atoms with E-state index in [2.05, 4.69) is 9.97 Å². The summed E-state index contributed by atoms with van der Waals surface area (Å²) in [4.78, 5) is 32.3. The van der Waals surface area contributed by atoms with Gasteiger partial charge in [-0.1, -0.05) is 0 Å². The number of hydrogen-bond donors (Lipinski definition) is 1. The van der Waals surface area contributed by atoms with Crippen molar-refractivity contribution >= 4 is 27.2 Å². The van der Waals surface area contributed by atoms with Gasteiger partial charge in [0, 0.05) is 16.5 Å². The molecule has 0 aliphatic rings. The molecule has 4 rings (SSSR count). The van der Waals surface area contributed by atoms with Gasteiger partial charge in [-0.3, -0.25) is 14.9 Å². The van der Waals surface area contributed by atoms with Crippen LogP contribution in [0.3, 0.4) is 0 Å². The minimum absolute atomic E-state index is 0.0258. The smallest absolute Gasteiger partial charge is 0.315 e. The van der Waals surface area contributed by atoms with Crippen LogP contribution in [0.2, 0.25) is 0 Å². The van der Waals surface area contributed by atoms with Crippen LogP contribution in [0.25, 0.3) is 33.1 Å². The Kier molecular flexibility index (Phi) is 4.78. The number of nitro groups is 1. The van der Waals surface area contributed by atoms with Crippen LogP contribution in [-0.2, 0) is 0 Å². The maximum atomic E-state index is 12.5. The number of furan rings is 1. The summed E-state index contributed by atoms with van der Waals surface area (Å²) < 4.78 is 16.2. The van der Waals surface area contributed by atoms with Crippen molar-refractivity contribution in [3.8, 4) is 34.4 Å². The highest BCUT2D eigenvalue weighted by Gasteiger charge is 2.23. The summed E-state index contributed by atoms with van der Waals surface area (Å²) in [6.07, 6.45) is 0. The van der Waals surface area contributed by atoms with E-state index < -0.39 is 4.92 Å². The Hall–Kier alpha value is -3.66. The number of aryl methyl sites for hydroxylation is 2. The fourth-order valence-electron chi connectivity index (χ4n) is 3.21. The number of H-pyrrole nitrogens is 1. The molecule has 0 amide bonds. The van der Waals surface area contributed by atoms with Crippen molar-refractivity contribution in [1.82, 2.24) is 9.97 Å². The molecule has 0 spiro atoms. The molecule has 3 aromatic heterocycles. The Balaban J connectivity index is 1.82. The van der Waals surface area contributed by atoms with E-state index in [4.69, 9.17) is 13.9 Å². The third kappa shape index (κ3) is 3.11. The van der Waals surface area contributed by atoms with Crippen LogP contribution in [-0.4, -0.2) is 29.1 Å². The van der Waals surface area contributed by atoms with Crippen LogP contribution in [0.4, 0.5) is 5.69 Å². The van der Waals surface area contributed by atoms with Crippen molar-refractivity contribution in [2.45, 2.75) is 13.8 Å². The molecular weight excluding hydrogens is 410 g/mol. The first-order chi connectivity index (χ1) is 14.3. The Morgan fingerprint density at radius 1 is 1.17 bits per heavy atom. The second kappa shape index (κ2) is 7.30. The highest BCUT2D eigenvalue weighted by Crippen LogP contribution is 2.41. The normalized spacial score (nSPS) is 11.1. The van der Waals surface area contributed by atoms with Gasteiger partial charge in [0.2, 0.25) is 5.75 Å². The van der Waals surface area contributed by atoms with E-state index in [-0.39, 0.29) is 28.6 Å². The number of aromatic nitrogens is 2. The highest BCUT2D eigenvalue weighted by atomic mass is 32.1. The van der Waals surface area contributed by atoms with Crippen molar-refractivity contribution in [2.75, 3.05) is 14.2 Å². The zero-order chi connectivity index (χ0) is 21.6. The van der Waals surface area contributed by atoms with Crippen LogP contribution in [0.5, 0.6) is 11.5 Å². The van der Waals surface area contributed by atoms with Crippen LogP contribution < -0.4 is 15.0 Å². The summed E-state index contributed by atoms with van der Waals surface area (Å²) in [5, 5.41) is 12.0. The quantitative estimate of drug-likeness (QED) is 0.369. The number of thiophene rings is 1. The maximum absolute atomic E-state index is 12.5. The minimum atomic E-state index is -0.552. The highest BCUT2D eigenvalue weighted by molar-refractivity contribution is 7.18. The molecule has 30 heavy (non-hydrogen) atoms. The number of nitrogens with zero attached hydrogens (tertiary/aromatic N) is 2. The molecule has 10 heteroatoms. The van der Waals surface area contributed by atoms with E-state index in [0.717, 1.165) is 10.4 Å². The van der Waals surface area contributed by atoms with E-state index >= 15 is 0 Å². The molecule has 1 N–H and O–H groups in total. The third-order valence-corrected chi connectivity index (χ3v) is 5.92. The van der Waals surface area contributed by atoms with Gasteiger partial charge in [0.15, 0.2) is 17.3 Å². The number of methoxy groups -OCH3 is 2. The molecule has 0 radical (unpaired) electrons. The second-order valence-electron chi connectivity index (χ2n) is 6.53. The Labute approximate surface area is 174 Å².